The Morgan fingerprint density at radius 3 is 2.86 bits per heavy atom. The molecule has 2 aromatic heterocycles. The number of likely N-dealkylation sites (tertiary alicyclic amines) is 1. The van der Waals surface area contributed by atoms with E-state index in [0.29, 0.717) is 41.3 Å². The average molecular weight is 492 g/mol. The molecule has 7 nitrogen and oxygen atoms in total. The van der Waals surface area contributed by atoms with Crippen molar-refractivity contribution in [2.24, 2.45) is 0 Å². The first-order chi connectivity index (χ1) is 17.1. The van der Waals surface area contributed by atoms with E-state index in [-0.39, 0.29) is 6.61 Å². The highest BCUT2D eigenvalue weighted by Gasteiger charge is 2.24. The van der Waals surface area contributed by atoms with Gasteiger partial charge in [0, 0.05) is 30.2 Å². The number of nitrogens with zero attached hydrogens (tertiary/aromatic N) is 3. The van der Waals surface area contributed by atoms with Crippen molar-refractivity contribution in [2.75, 3.05) is 32.0 Å². The minimum Gasteiger partial charge on any atom is -0.490 e. The number of aryl methyl sites for hydroxylation is 2. The van der Waals surface area contributed by atoms with Gasteiger partial charge in [-0.3, -0.25) is 0 Å². The summed E-state index contributed by atoms with van der Waals surface area (Å²) in [7, 11) is 0. The Kier molecular flexibility index (Phi) is 6.26. The van der Waals surface area contributed by atoms with E-state index in [9.17, 15) is 5.11 Å². The zero-order chi connectivity index (χ0) is 23.8. The number of aromatic nitrogens is 2. The number of piperidine rings is 1. The van der Waals surface area contributed by atoms with Gasteiger partial charge in [-0.2, -0.15) is 0 Å². The van der Waals surface area contributed by atoms with Crippen LogP contribution in [0.15, 0.2) is 56.2 Å². The number of furan rings is 1. The predicted octanol–water partition coefficient (Wildman–Crippen LogP) is 5.06. The lowest BCUT2D eigenvalue weighted by Gasteiger charge is -2.33. The summed E-state index contributed by atoms with van der Waals surface area (Å²) in [6, 6.07) is 14.5. The number of thioether (sulfide) groups is 1. The summed E-state index contributed by atoms with van der Waals surface area (Å²) < 4.78 is 17.3. The van der Waals surface area contributed by atoms with Crippen molar-refractivity contribution in [1.82, 2.24) is 15.1 Å². The van der Waals surface area contributed by atoms with Crippen LogP contribution in [0.3, 0.4) is 0 Å². The molecule has 2 aromatic carbocycles. The molecule has 8 heteroatoms. The molecule has 0 spiro atoms. The van der Waals surface area contributed by atoms with Gasteiger partial charge in [0.15, 0.2) is 5.76 Å². The van der Waals surface area contributed by atoms with E-state index >= 15 is 0 Å². The molecule has 4 aromatic rings. The zero-order valence-electron chi connectivity index (χ0n) is 19.8. The number of aliphatic hydroxyl groups is 1. The number of fused-ring (bicyclic) bond motifs is 2. The molecule has 0 saturated carbocycles. The SMILES string of the molecule is Cc1nnc(-c2cc3c(OC[C@@H](O)CN4CCC(c5ccc6c(c5)CCS6)CC4)cccc3o2)o1. The second kappa shape index (κ2) is 9.68. The number of β-amino-alcohol motifs (C(OH)–C–C–N with tert-alkyl or cyclic N) is 1. The Morgan fingerprint density at radius 2 is 2.03 bits per heavy atom. The van der Waals surface area contributed by atoms with E-state index in [1.165, 1.54) is 28.2 Å². The highest BCUT2D eigenvalue weighted by atomic mass is 32.2. The van der Waals surface area contributed by atoms with E-state index in [0.717, 1.165) is 31.3 Å². The minimum atomic E-state index is -0.566. The predicted molar refractivity (Wildman–Crippen MR) is 135 cm³/mol. The highest BCUT2D eigenvalue weighted by Crippen LogP contribution is 2.36. The van der Waals surface area contributed by atoms with Crippen LogP contribution in [0.1, 0.15) is 35.8 Å². The third-order valence-corrected chi connectivity index (χ3v) is 8.05. The molecule has 6 rings (SSSR count). The Morgan fingerprint density at radius 1 is 1.14 bits per heavy atom. The fourth-order valence-corrected chi connectivity index (χ4v) is 6.16. The zero-order valence-corrected chi connectivity index (χ0v) is 20.6. The van der Waals surface area contributed by atoms with Crippen LogP contribution >= 0.6 is 11.8 Å². The lowest BCUT2D eigenvalue weighted by molar-refractivity contribution is 0.0599. The Balaban J connectivity index is 1.03. The van der Waals surface area contributed by atoms with Gasteiger partial charge in [-0.1, -0.05) is 18.2 Å². The maximum atomic E-state index is 10.7. The Hall–Kier alpha value is -2.81. The molecule has 0 bridgehead atoms. The number of rotatable bonds is 7. The second-order valence-corrected chi connectivity index (χ2v) is 10.5. The van der Waals surface area contributed by atoms with Gasteiger partial charge >= 0.3 is 0 Å². The topological polar surface area (TPSA) is 84.8 Å². The summed E-state index contributed by atoms with van der Waals surface area (Å²) in [5.74, 6) is 3.82. The van der Waals surface area contributed by atoms with E-state index in [1.54, 1.807) is 6.92 Å². The molecule has 2 aliphatic rings. The van der Waals surface area contributed by atoms with Crippen molar-refractivity contribution in [1.29, 1.82) is 0 Å². The van der Waals surface area contributed by atoms with Crippen molar-refractivity contribution >= 4 is 22.7 Å². The van der Waals surface area contributed by atoms with Gasteiger partial charge in [-0.15, -0.1) is 22.0 Å². The maximum Gasteiger partial charge on any atom is 0.283 e. The molecule has 1 atom stereocenters. The van der Waals surface area contributed by atoms with Crippen LogP contribution in [0.2, 0.25) is 0 Å². The number of aliphatic hydroxyl groups excluding tert-OH is 1. The molecule has 1 fully saturated rings. The first kappa shape index (κ1) is 22.6. The Bertz CT molecular complexity index is 1330. The third-order valence-electron chi connectivity index (χ3n) is 6.93. The van der Waals surface area contributed by atoms with Gasteiger partial charge in [0.05, 0.1) is 5.39 Å². The largest absolute Gasteiger partial charge is 0.490 e. The van der Waals surface area contributed by atoms with Crippen molar-refractivity contribution in [3.8, 4) is 17.4 Å². The summed E-state index contributed by atoms with van der Waals surface area (Å²) in [6.07, 6.45) is 2.89. The molecular weight excluding hydrogens is 462 g/mol. The van der Waals surface area contributed by atoms with Crippen molar-refractivity contribution < 1.29 is 18.7 Å². The van der Waals surface area contributed by atoms with Crippen LogP contribution in [0.5, 0.6) is 5.75 Å². The van der Waals surface area contributed by atoms with Gasteiger partial charge in [-0.25, -0.2) is 0 Å². The molecular formula is C27H29N3O4S. The fourth-order valence-electron chi connectivity index (χ4n) is 5.11. The van der Waals surface area contributed by atoms with Crippen LogP contribution < -0.4 is 4.74 Å². The monoisotopic (exact) mass is 491 g/mol. The third kappa shape index (κ3) is 4.83. The molecule has 182 valence electrons. The van der Waals surface area contributed by atoms with Crippen LogP contribution in [0.25, 0.3) is 22.6 Å². The van der Waals surface area contributed by atoms with Crippen molar-refractivity contribution in [2.45, 2.75) is 43.1 Å². The summed E-state index contributed by atoms with van der Waals surface area (Å²) in [6.45, 7) is 4.57. The van der Waals surface area contributed by atoms with Gasteiger partial charge in [0.2, 0.25) is 5.89 Å². The molecule has 1 saturated heterocycles. The quantitative estimate of drug-likeness (QED) is 0.384. The van der Waals surface area contributed by atoms with Gasteiger partial charge < -0.3 is 23.6 Å². The molecule has 0 unspecified atom stereocenters. The summed E-state index contributed by atoms with van der Waals surface area (Å²) in [4.78, 5) is 3.81. The molecule has 0 radical (unpaired) electrons. The second-order valence-electron chi connectivity index (χ2n) is 9.41. The van der Waals surface area contributed by atoms with Crippen molar-refractivity contribution in [3.05, 3.63) is 59.5 Å². The van der Waals surface area contributed by atoms with Gasteiger partial charge in [-0.05, 0) is 67.6 Å². The number of benzene rings is 2. The van der Waals surface area contributed by atoms with E-state index in [1.807, 2.05) is 36.0 Å². The standard InChI is InChI=1S/C27H29N3O4S/c1-17-28-29-27(33-17)25-14-22-23(3-2-4-24(22)34-25)32-16-21(31)15-30-10-7-18(8-11-30)19-5-6-26-20(13-19)9-12-35-26/h2-6,13-14,18,21,31H,7-12,15-16H2,1H3/t21-/m0/s1. The number of hydrogen-bond donors (Lipinski definition) is 1. The van der Waals surface area contributed by atoms with Crippen LogP contribution in [0.4, 0.5) is 0 Å². The lowest BCUT2D eigenvalue weighted by Crippen LogP contribution is -2.40. The lowest BCUT2D eigenvalue weighted by atomic mass is 9.88. The minimum absolute atomic E-state index is 0.224. The van der Waals surface area contributed by atoms with E-state index in [4.69, 9.17) is 13.6 Å². The molecule has 1 N–H and O–H groups in total. The number of hydrogen-bond acceptors (Lipinski definition) is 8. The van der Waals surface area contributed by atoms with Gasteiger partial charge in [0.25, 0.3) is 5.89 Å². The number of ether oxygens (including phenoxy) is 1. The fraction of sp³-hybridized carbons (Fsp3) is 0.407. The first-order valence-electron chi connectivity index (χ1n) is 12.2. The average Bonchev–Trinajstić information content (AvgIpc) is 3.62. The first-order valence-corrected chi connectivity index (χ1v) is 13.2. The molecule has 4 heterocycles. The molecule has 2 aliphatic heterocycles. The maximum absolute atomic E-state index is 10.7. The van der Waals surface area contributed by atoms with E-state index < -0.39 is 6.10 Å². The molecule has 0 amide bonds. The van der Waals surface area contributed by atoms with E-state index in [2.05, 4.69) is 33.3 Å². The molecule has 35 heavy (non-hydrogen) atoms. The van der Waals surface area contributed by atoms with Crippen LogP contribution in [-0.2, 0) is 6.42 Å². The summed E-state index contributed by atoms with van der Waals surface area (Å²) in [5.41, 5.74) is 3.68. The van der Waals surface area contributed by atoms with Crippen LogP contribution in [-0.4, -0.2) is 58.3 Å². The smallest absolute Gasteiger partial charge is 0.283 e. The van der Waals surface area contributed by atoms with Crippen molar-refractivity contribution in [3.63, 3.8) is 0 Å². The normalized spacial score (nSPS) is 17.7. The summed E-state index contributed by atoms with van der Waals surface area (Å²) >= 11 is 1.97. The Labute approximate surface area is 208 Å². The highest BCUT2D eigenvalue weighted by molar-refractivity contribution is 7.99. The van der Waals surface area contributed by atoms with Crippen LogP contribution in [0, 0.1) is 6.92 Å². The summed E-state index contributed by atoms with van der Waals surface area (Å²) in [5, 5.41) is 19.4. The van der Waals surface area contributed by atoms with Gasteiger partial charge in [0.1, 0.15) is 24.0 Å². The molecule has 0 aliphatic carbocycles.